The van der Waals surface area contributed by atoms with Crippen LogP contribution in [-0.2, 0) is 4.74 Å². The van der Waals surface area contributed by atoms with Crippen molar-refractivity contribution in [3.05, 3.63) is 57.8 Å². The minimum atomic E-state index is -0.577. The van der Waals surface area contributed by atoms with Crippen LogP contribution in [0.15, 0.2) is 35.1 Å². The number of carbonyl (C=O) groups is 1. The first-order valence-electron chi connectivity index (χ1n) is 5.56. The van der Waals surface area contributed by atoms with E-state index in [0.717, 1.165) is 6.20 Å². The summed E-state index contributed by atoms with van der Waals surface area (Å²) in [6, 6.07) is 4.46. The lowest BCUT2D eigenvalue weighted by atomic mass is 10.2. The summed E-state index contributed by atoms with van der Waals surface area (Å²) in [4.78, 5) is 25.3. The fraction of sp³-hybridized carbons (Fsp3) is 0.0769. The van der Waals surface area contributed by atoms with Gasteiger partial charge in [0.2, 0.25) is 5.76 Å². The minimum Gasteiger partial charge on any atom is -0.463 e. The van der Waals surface area contributed by atoms with Gasteiger partial charge in [-0.3, -0.25) is 10.1 Å². The Morgan fingerprint density at radius 1 is 1.40 bits per heavy atom. The van der Waals surface area contributed by atoms with Gasteiger partial charge in [0, 0.05) is 11.6 Å². The Morgan fingerprint density at radius 3 is 2.80 bits per heavy atom. The van der Waals surface area contributed by atoms with Crippen molar-refractivity contribution < 1.29 is 18.9 Å². The monoisotopic (exact) mass is 274 g/mol. The number of aromatic nitrogens is 1. The molecule has 0 spiro atoms. The van der Waals surface area contributed by atoms with Crippen LogP contribution in [0, 0.1) is 10.1 Å². The first kappa shape index (κ1) is 13.5. The number of nitrogens with zero attached hydrogens (tertiary/aromatic N) is 2. The zero-order chi connectivity index (χ0) is 14.5. The van der Waals surface area contributed by atoms with Gasteiger partial charge in [0.25, 0.3) is 5.69 Å². The number of rotatable bonds is 4. The van der Waals surface area contributed by atoms with Crippen molar-refractivity contribution in [1.82, 2.24) is 4.98 Å². The molecule has 7 nitrogen and oxygen atoms in total. The third kappa shape index (κ3) is 2.89. The predicted octanol–water partition coefficient (Wildman–Crippen LogP) is 2.54. The maximum absolute atomic E-state index is 11.4. The van der Waals surface area contributed by atoms with Crippen molar-refractivity contribution in [3.8, 4) is 0 Å². The fourth-order valence-electron chi connectivity index (χ4n) is 1.49. The van der Waals surface area contributed by atoms with Crippen LogP contribution < -0.4 is 0 Å². The summed E-state index contributed by atoms with van der Waals surface area (Å²) < 4.78 is 9.59. The van der Waals surface area contributed by atoms with Crippen LogP contribution in [-0.4, -0.2) is 23.0 Å². The first-order chi connectivity index (χ1) is 9.61. The first-order valence-corrected chi connectivity index (χ1v) is 5.56. The fourth-order valence-corrected chi connectivity index (χ4v) is 1.49. The molecule has 0 aliphatic carbocycles. The summed E-state index contributed by atoms with van der Waals surface area (Å²) in [5, 5.41) is 10.5. The zero-order valence-corrected chi connectivity index (χ0v) is 10.5. The molecular weight excluding hydrogens is 264 g/mol. The summed E-state index contributed by atoms with van der Waals surface area (Å²) in [5.74, 6) is -0.489. The van der Waals surface area contributed by atoms with Gasteiger partial charge < -0.3 is 9.15 Å². The second kappa shape index (κ2) is 5.79. The van der Waals surface area contributed by atoms with Crippen LogP contribution in [0.2, 0.25) is 0 Å². The van der Waals surface area contributed by atoms with E-state index in [0.29, 0.717) is 11.3 Å². The Kier molecular flexibility index (Phi) is 3.90. The van der Waals surface area contributed by atoms with Gasteiger partial charge >= 0.3 is 5.97 Å². The van der Waals surface area contributed by atoms with E-state index in [-0.39, 0.29) is 11.4 Å². The highest BCUT2D eigenvalue weighted by Gasteiger charge is 2.13. The molecular formula is C13H10N2O5. The van der Waals surface area contributed by atoms with Crippen molar-refractivity contribution in [2.45, 2.75) is 0 Å². The van der Waals surface area contributed by atoms with E-state index in [9.17, 15) is 14.9 Å². The van der Waals surface area contributed by atoms with Gasteiger partial charge in [0.05, 0.1) is 24.0 Å². The third-order valence-electron chi connectivity index (χ3n) is 2.48. The molecule has 0 aliphatic heterocycles. The van der Waals surface area contributed by atoms with Crippen molar-refractivity contribution in [2.75, 3.05) is 7.11 Å². The number of nitro groups is 1. The number of esters is 1. The average molecular weight is 274 g/mol. The van der Waals surface area contributed by atoms with Crippen molar-refractivity contribution in [1.29, 1.82) is 0 Å². The number of methoxy groups -OCH3 is 1. The molecule has 0 aromatic carbocycles. The number of pyridine rings is 1. The van der Waals surface area contributed by atoms with E-state index in [1.807, 2.05) is 0 Å². The number of ether oxygens (including phenoxy) is 1. The Hall–Kier alpha value is -2.96. The summed E-state index contributed by atoms with van der Waals surface area (Å²) in [7, 11) is 1.26. The molecule has 2 aromatic heterocycles. The highest BCUT2D eigenvalue weighted by Crippen LogP contribution is 2.16. The quantitative estimate of drug-likeness (QED) is 0.483. The van der Waals surface area contributed by atoms with Gasteiger partial charge in [0.15, 0.2) is 0 Å². The Morgan fingerprint density at radius 2 is 2.20 bits per heavy atom. The summed E-state index contributed by atoms with van der Waals surface area (Å²) in [6.07, 6.45) is 5.76. The van der Waals surface area contributed by atoms with Gasteiger partial charge in [0.1, 0.15) is 6.20 Å². The zero-order valence-electron chi connectivity index (χ0n) is 10.5. The van der Waals surface area contributed by atoms with Gasteiger partial charge in [-0.25, -0.2) is 9.78 Å². The maximum Gasteiger partial charge on any atom is 0.374 e. The molecule has 0 N–H and O–H groups in total. The molecule has 0 fully saturated rings. The third-order valence-corrected chi connectivity index (χ3v) is 2.48. The molecule has 0 saturated carbocycles. The van der Waals surface area contributed by atoms with Crippen molar-refractivity contribution in [3.63, 3.8) is 0 Å². The van der Waals surface area contributed by atoms with Crippen molar-refractivity contribution in [2.24, 2.45) is 0 Å². The largest absolute Gasteiger partial charge is 0.463 e. The molecule has 0 aliphatic rings. The molecule has 102 valence electrons. The number of hydrogen-bond donors (Lipinski definition) is 0. The SMILES string of the molecule is COC(=O)c1occc1/C=C/c1ccc([N+](=O)[O-])cn1. The van der Waals surface area contributed by atoms with E-state index in [1.165, 1.54) is 25.5 Å². The van der Waals surface area contributed by atoms with Crippen LogP contribution in [0.4, 0.5) is 5.69 Å². The molecule has 2 aromatic rings. The molecule has 2 heterocycles. The van der Waals surface area contributed by atoms with E-state index in [1.54, 1.807) is 18.2 Å². The lowest BCUT2D eigenvalue weighted by Crippen LogP contribution is -2.00. The Balaban J connectivity index is 2.19. The maximum atomic E-state index is 11.4. The highest BCUT2D eigenvalue weighted by molar-refractivity contribution is 5.91. The molecule has 20 heavy (non-hydrogen) atoms. The molecule has 0 amide bonds. The Bertz CT molecular complexity index is 658. The second-order valence-electron chi connectivity index (χ2n) is 3.73. The molecule has 0 bridgehead atoms. The number of carbonyl (C=O) groups excluding carboxylic acids is 1. The molecule has 0 saturated heterocycles. The highest BCUT2D eigenvalue weighted by atomic mass is 16.6. The van der Waals surface area contributed by atoms with Crippen LogP contribution in [0.25, 0.3) is 12.2 Å². The molecule has 0 radical (unpaired) electrons. The Labute approximate surface area is 113 Å². The molecule has 0 unspecified atom stereocenters. The second-order valence-corrected chi connectivity index (χ2v) is 3.73. The van der Waals surface area contributed by atoms with Crippen LogP contribution in [0.5, 0.6) is 0 Å². The van der Waals surface area contributed by atoms with Gasteiger partial charge in [-0.2, -0.15) is 0 Å². The van der Waals surface area contributed by atoms with Crippen LogP contribution >= 0.6 is 0 Å². The lowest BCUT2D eigenvalue weighted by molar-refractivity contribution is -0.385. The van der Waals surface area contributed by atoms with E-state index in [2.05, 4.69) is 9.72 Å². The summed E-state index contributed by atoms with van der Waals surface area (Å²) in [6.45, 7) is 0. The van der Waals surface area contributed by atoms with Gasteiger partial charge in [-0.1, -0.05) is 0 Å². The van der Waals surface area contributed by atoms with E-state index in [4.69, 9.17) is 4.42 Å². The van der Waals surface area contributed by atoms with Crippen molar-refractivity contribution >= 4 is 23.8 Å². The molecule has 0 atom stereocenters. The minimum absolute atomic E-state index is 0.0827. The average Bonchev–Trinajstić information content (AvgIpc) is 2.93. The van der Waals surface area contributed by atoms with Crippen LogP contribution in [0.1, 0.15) is 21.8 Å². The van der Waals surface area contributed by atoms with E-state index < -0.39 is 10.9 Å². The smallest absolute Gasteiger partial charge is 0.374 e. The van der Waals surface area contributed by atoms with E-state index >= 15 is 0 Å². The lowest BCUT2D eigenvalue weighted by Gasteiger charge is -1.96. The summed E-state index contributed by atoms with van der Waals surface area (Å²) >= 11 is 0. The predicted molar refractivity (Wildman–Crippen MR) is 69.9 cm³/mol. The number of hydrogen-bond acceptors (Lipinski definition) is 6. The van der Waals surface area contributed by atoms with Gasteiger partial charge in [-0.15, -0.1) is 0 Å². The molecule has 7 heteroatoms. The van der Waals surface area contributed by atoms with Gasteiger partial charge in [-0.05, 0) is 24.3 Å². The van der Waals surface area contributed by atoms with Crippen LogP contribution in [0.3, 0.4) is 0 Å². The standard InChI is InChI=1S/C13H10N2O5/c1-19-13(16)12-9(6-7-20-12)2-3-10-4-5-11(8-14-10)15(17)18/h2-8H,1H3/b3-2+. The molecule has 2 rings (SSSR count). The number of furan rings is 1. The normalized spacial score (nSPS) is 10.7. The topological polar surface area (TPSA) is 95.5 Å². The summed E-state index contributed by atoms with van der Waals surface area (Å²) in [5.41, 5.74) is 0.977.